The molecule has 0 bridgehead atoms. The predicted molar refractivity (Wildman–Crippen MR) is 77.0 cm³/mol. The van der Waals surface area contributed by atoms with Crippen molar-refractivity contribution in [2.24, 2.45) is 0 Å². The highest BCUT2D eigenvalue weighted by atomic mass is 15.0. The van der Waals surface area contributed by atoms with E-state index in [0.717, 1.165) is 18.9 Å². The molecule has 0 unspecified atom stereocenters. The second-order valence-electron chi connectivity index (χ2n) is 5.54. The fraction of sp³-hybridized carbons (Fsp3) is 0.667. The quantitative estimate of drug-likeness (QED) is 0.726. The molecule has 100 valence electrons. The molecule has 0 radical (unpaired) electrons. The maximum absolute atomic E-state index is 4.70. The summed E-state index contributed by atoms with van der Waals surface area (Å²) in [6, 6.07) is 5.08. The summed E-state index contributed by atoms with van der Waals surface area (Å²) in [5.74, 6) is 1.54. The molecule has 0 spiro atoms. The molecule has 1 aliphatic rings. The largest absolute Gasteiger partial charge is 0.367 e. The van der Waals surface area contributed by atoms with Crippen molar-refractivity contribution >= 4 is 5.82 Å². The van der Waals surface area contributed by atoms with E-state index >= 15 is 0 Å². The summed E-state index contributed by atoms with van der Waals surface area (Å²) < 4.78 is 0. The number of nitrogens with one attached hydrogen (secondary N) is 2. The molecule has 1 aliphatic carbocycles. The maximum atomic E-state index is 4.70. The number of anilines is 1. The Balaban J connectivity index is 2.07. The van der Waals surface area contributed by atoms with Gasteiger partial charge in [0.1, 0.15) is 5.82 Å². The van der Waals surface area contributed by atoms with E-state index in [1.54, 1.807) is 0 Å². The van der Waals surface area contributed by atoms with Crippen LogP contribution in [0.3, 0.4) is 0 Å². The van der Waals surface area contributed by atoms with Crippen LogP contribution in [-0.2, 0) is 6.54 Å². The Morgan fingerprint density at radius 2 is 2.11 bits per heavy atom. The topological polar surface area (TPSA) is 37.0 Å². The molecule has 1 heterocycles. The van der Waals surface area contributed by atoms with Crippen LogP contribution in [0.4, 0.5) is 5.82 Å². The highest BCUT2D eigenvalue weighted by Gasteiger charge is 2.21. The van der Waals surface area contributed by atoms with E-state index in [1.807, 2.05) is 0 Å². The first-order valence-corrected chi connectivity index (χ1v) is 7.17. The van der Waals surface area contributed by atoms with Crippen molar-refractivity contribution in [3.63, 3.8) is 0 Å². The van der Waals surface area contributed by atoms with Gasteiger partial charge in [-0.05, 0) is 49.4 Å². The van der Waals surface area contributed by atoms with Gasteiger partial charge >= 0.3 is 0 Å². The minimum absolute atomic E-state index is 0.482. The lowest BCUT2D eigenvalue weighted by Crippen LogP contribution is -2.15. The number of aromatic nitrogens is 1. The van der Waals surface area contributed by atoms with Gasteiger partial charge in [0, 0.05) is 18.3 Å². The van der Waals surface area contributed by atoms with Gasteiger partial charge in [0.25, 0.3) is 0 Å². The minimum Gasteiger partial charge on any atom is -0.367 e. The van der Waals surface area contributed by atoms with E-state index in [4.69, 9.17) is 4.98 Å². The molecule has 2 rings (SSSR count). The van der Waals surface area contributed by atoms with Gasteiger partial charge in [-0.1, -0.05) is 20.8 Å². The Morgan fingerprint density at radius 1 is 1.33 bits per heavy atom. The van der Waals surface area contributed by atoms with Crippen molar-refractivity contribution in [3.05, 3.63) is 23.4 Å². The second-order valence-corrected chi connectivity index (χ2v) is 5.54. The number of rotatable bonds is 7. The Kier molecular flexibility index (Phi) is 4.59. The van der Waals surface area contributed by atoms with E-state index < -0.39 is 0 Å². The first-order valence-electron chi connectivity index (χ1n) is 7.17. The molecule has 0 atom stereocenters. The number of hydrogen-bond donors (Lipinski definition) is 2. The molecule has 0 saturated heterocycles. The van der Waals surface area contributed by atoms with Crippen LogP contribution < -0.4 is 10.6 Å². The zero-order valence-electron chi connectivity index (χ0n) is 11.8. The molecule has 0 amide bonds. The van der Waals surface area contributed by atoms with Crippen LogP contribution in [0, 0.1) is 0 Å². The Hall–Kier alpha value is -1.09. The fourth-order valence-electron chi connectivity index (χ4n) is 1.93. The molecule has 0 aliphatic heterocycles. The van der Waals surface area contributed by atoms with Gasteiger partial charge in [0.2, 0.25) is 0 Å². The summed E-state index contributed by atoms with van der Waals surface area (Å²) >= 11 is 0. The number of hydrogen-bond acceptors (Lipinski definition) is 3. The molecule has 3 nitrogen and oxygen atoms in total. The summed E-state index contributed by atoms with van der Waals surface area (Å²) in [6.07, 6.45) is 3.75. The Bertz CT molecular complexity index is 383. The molecule has 3 heteroatoms. The third-order valence-electron chi connectivity index (χ3n) is 3.18. The molecular weight excluding hydrogens is 222 g/mol. The SMILES string of the molecule is CCCNCc1cc(NC2CC2)nc(C(C)C)c1. The van der Waals surface area contributed by atoms with Gasteiger partial charge in [-0.15, -0.1) is 0 Å². The molecule has 1 saturated carbocycles. The van der Waals surface area contributed by atoms with Crippen molar-refractivity contribution in [1.29, 1.82) is 0 Å². The maximum Gasteiger partial charge on any atom is 0.126 e. The number of nitrogens with zero attached hydrogens (tertiary/aromatic N) is 1. The van der Waals surface area contributed by atoms with Crippen LogP contribution in [0.1, 0.15) is 57.2 Å². The zero-order valence-corrected chi connectivity index (χ0v) is 11.8. The van der Waals surface area contributed by atoms with Gasteiger partial charge in [-0.2, -0.15) is 0 Å². The van der Waals surface area contributed by atoms with Crippen LogP contribution >= 0.6 is 0 Å². The number of pyridine rings is 1. The molecule has 0 aromatic carbocycles. The van der Waals surface area contributed by atoms with Gasteiger partial charge in [0.05, 0.1) is 0 Å². The smallest absolute Gasteiger partial charge is 0.126 e. The van der Waals surface area contributed by atoms with Crippen LogP contribution in [0.25, 0.3) is 0 Å². The molecule has 1 fully saturated rings. The van der Waals surface area contributed by atoms with Crippen molar-refractivity contribution in [1.82, 2.24) is 10.3 Å². The lowest BCUT2D eigenvalue weighted by Gasteiger charge is -2.12. The Morgan fingerprint density at radius 3 is 2.72 bits per heavy atom. The van der Waals surface area contributed by atoms with Crippen LogP contribution in [0.15, 0.2) is 12.1 Å². The van der Waals surface area contributed by atoms with Crippen LogP contribution in [0.2, 0.25) is 0 Å². The first kappa shape index (κ1) is 13.3. The zero-order chi connectivity index (χ0) is 13.0. The van der Waals surface area contributed by atoms with Gasteiger partial charge < -0.3 is 10.6 Å². The van der Waals surface area contributed by atoms with E-state index in [-0.39, 0.29) is 0 Å². The predicted octanol–water partition coefficient (Wildman–Crippen LogP) is 3.28. The van der Waals surface area contributed by atoms with Gasteiger partial charge in [0.15, 0.2) is 0 Å². The van der Waals surface area contributed by atoms with Crippen molar-refractivity contribution in [2.45, 2.75) is 58.5 Å². The van der Waals surface area contributed by atoms with E-state index in [1.165, 1.54) is 30.5 Å². The molecule has 2 N–H and O–H groups in total. The second kappa shape index (κ2) is 6.19. The highest BCUT2D eigenvalue weighted by Crippen LogP contribution is 2.25. The van der Waals surface area contributed by atoms with E-state index in [2.05, 4.69) is 43.5 Å². The lowest BCUT2D eigenvalue weighted by molar-refractivity contribution is 0.672. The summed E-state index contributed by atoms with van der Waals surface area (Å²) in [6.45, 7) is 8.61. The molecule has 1 aromatic heterocycles. The third-order valence-corrected chi connectivity index (χ3v) is 3.18. The first-order chi connectivity index (χ1) is 8.69. The highest BCUT2D eigenvalue weighted by molar-refractivity contribution is 5.42. The summed E-state index contributed by atoms with van der Waals surface area (Å²) in [7, 11) is 0. The fourth-order valence-corrected chi connectivity index (χ4v) is 1.93. The van der Waals surface area contributed by atoms with Crippen molar-refractivity contribution in [2.75, 3.05) is 11.9 Å². The van der Waals surface area contributed by atoms with Crippen molar-refractivity contribution < 1.29 is 0 Å². The normalized spacial score (nSPS) is 15.1. The van der Waals surface area contributed by atoms with Gasteiger partial charge in [-0.3, -0.25) is 0 Å². The average molecular weight is 247 g/mol. The summed E-state index contributed by atoms with van der Waals surface area (Å²) in [5, 5.41) is 6.96. The van der Waals surface area contributed by atoms with Crippen LogP contribution in [0.5, 0.6) is 0 Å². The third kappa shape index (κ3) is 3.98. The summed E-state index contributed by atoms with van der Waals surface area (Å²) in [4.78, 5) is 4.70. The van der Waals surface area contributed by atoms with Crippen LogP contribution in [-0.4, -0.2) is 17.6 Å². The average Bonchev–Trinajstić information content (AvgIpc) is 3.13. The minimum atomic E-state index is 0.482. The lowest BCUT2D eigenvalue weighted by atomic mass is 10.1. The molecular formula is C15H25N3. The Labute approximate surface area is 110 Å². The van der Waals surface area contributed by atoms with Gasteiger partial charge in [-0.25, -0.2) is 4.98 Å². The van der Waals surface area contributed by atoms with Crippen molar-refractivity contribution in [3.8, 4) is 0 Å². The molecule has 1 aromatic rings. The van der Waals surface area contributed by atoms with E-state index in [0.29, 0.717) is 12.0 Å². The monoisotopic (exact) mass is 247 g/mol. The summed E-state index contributed by atoms with van der Waals surface area (Å²) in [5.41, 5.74) is 2.53. The standard InChI is InChI=1S/C15H25N3/c1-4-7-16-10-12-8-14(11(2)3)18-15(9-12)17-13-5-6-13/h8-9,11,13,16H,4-7,10H2,1-3H3,(H,17,18). The molecule has 18 heavy (non-hydrogen) atoms. The van der Waals surface area contributed by atoms with E-state index in [9.17, 15) is 0 Å².